The molecule has 0 aliphatic rings. The summed E-state index contributed by atoms with van der Waals surface area (Å²) >= 11 is 0. The van der Waals surface area contributed by atoms with Gasteiger partial charge in [0.05, 0.1) is 0 Å². The molecular formula is C12H20O. The third kappa shape index (κ3) is 4.72. The molecule has 0 N–H and O–H groups in total. The van der Waals surface area contributed by atoms with Crippen molar-refractivity contribution < 1.29 is 4.79 Å². The number of ketones is 1. The standard InChI is InChI=1S/C12H20O/c1-6-7-8-9-11(13)10(2)12(3,4)5/h10H,6-7H2,1-5H3. The number of hydrogen-bond donors (Lipinski definition) is 0. The van der Waals surface area contributed by atoms with Crippen LogP contribution < -0.4 is 0 Å². The largest absolute Gasteiger partial charge is 0.285 e. The number of unbranched alkanes of at least 4 members (excludes halogenated alkanes) is 1. The number of Topliss-reactive ketones (excluding diaryl/α,β-unsaturated/α-hetero) is 1. The third-order valence-electron chi connectivity index (χ3n) is 2.28. The van der Waals surface area contributed by atoms with E-state index in [0.29, 0.717) is 0 Å². The van der Waals surface area contributed by atoms with Crippen molar-refractivity contribution in [2.45, 2.75) is 47.5 Å². The molecule has 0 saturated carbocycles. The van der Waals surface area contributed by atoms with Gasteiger partial charge in [-0.2, -0.15) is 0 Å². The second-order valence-corrected chi connectivity index (χ2v) is 4.50. The summed E-state index contributed by atoms with van der Waals surface area (Å²) in [6.07, 6.45) is 1.84. The molecule has 1 unspecified atom stereocenters. The lowest BCUT2D eigenvalue weighted by molar-refractivity contribution is -0.119. The van der Waals surface area contributed by atoms with Gasteiger partial charge < -0.3 is 0 Å². The van der Waals surface area contributed by atoms with Crippen LogP contribution in [0.3, 0.4) is 0 Å². The molecule has 0 aliphatic carbocycles. The highest BCUT2D eigenvalue weighted by molar-refractivity contribution is 5.97. The molecule has 0 aromatic rings. The number of carbonyl (C=O) groups is 1. The molecule has 0 aromatic heterocycles. The monoisotopic (exact) mass is 180 g/mol. The summed E-state index contributed by atoms with van der Waals surface area (Å²) in [5.41, 5.74) is 0.0258. The fraction of sp³-hybridized carbons (Fsp3) is 0.750. The molecule has 1 heteroatoms. The summed E-state index contributed by atoms with van der Waals surface area (Å²) in [6.45, 7) is 10.2. The Kier molecular flexibility index (Phi) is 4.77. The summed E-state index contributed by atoms with van der Waals surface area (Å²) in [6, 6.07) is 0. The first-order valence-electron chi connectivity index (χ1n) is 4.92. The van der Waals surface area contributed by atoms with Crippen LogP contribution >= 0.6 is 0 Å². The van der Waals surface area contributed by atoms with Gasteiger partial charge in [-0.25, -0.2) is 0 Å². The molecule has 0 rings (SSSR count). The Morgan fingerprint density at radius 3 is 2.31 bits per heavy atom. The Balaban J connectivity index is 4.23. The lowest BCUT2D eigenvalue weighted by Crippen LogP contribution is -2.24. The Hall–Kier alpha value is -0.770. The molecule has 1 nitrogen and oxygen atoms in total. The predicted octanol–water partition coefficient (Wildman–Crippen LogP) is 3.04. The Bertz CT molecular complexity index is 222. The lowest BCUT2D eigenvalue weighted by atomic mass is 9.79. The first-order valence-corrected chi connectivity index (χ1v) is 4.92. The molecule has 0 saturated heterocycles. The van der Waals surface area contributed by atoms with Crippen LogP contribution in [0.1, 0.15) is 47.5 Å². The van der Waals surface area contributed by atoms with E-state index in [1.807, 2.05) is 6.92 Å². The van der Waals surface area contributed by atoms with Crippen molar-refractivity contribution in [3.05, 3.63) is 0 Å². The lowest BCUT2D eigenvalue weighted by Gasteiger charge is -2.23. The highest BCUT2D eigenvalue weighted by Crippen LogP contribution is 2.25. The van der Waals surface area contributed by atoms with E-state index in [1.165, 1.54) is 0 Å². The van der Waals surface area contributed by atoms with Crippen molar-refractivity contribution in [2.24, 2.45) is 11.3 Å². The Morgan fingerprint density at radius 2 is 1.92 bits per heavy atom. The zero-order chi connectivity index (χ0) is 10.5. The van der Waals surface area contributed by atoms with Gasteiger partial charge in [0.2, 0.25) is 5.78 Å². The molecule has 13 heavy (non-hydrogen) atoms. The Morgan fingerprint density at radius 1 is 1.38 bits per heavy atom. The maximum Gasteiger partial charge on any atom is 0.208 e. The van der Waals surface area contributed by atoms with Crippen LogP contribution in [0.5, 0.6) is 0 Å². The normalized spacial score (nSPS) is 13.0. The summed E-state index contributed by atoms with van der Waals surface area (Å²) < 4.78 is 0. The van der Waals surface area contributed by atoms with Crippen molar-refractivity contribution in [1.82, 2.24) is 0 Å². The number of carbonyl (C=O) groups excluding carboxylic acids is 1. The molecule has 0 radical (unpaired) electrons. The molecule has 0 fully saturated rings. The quantitative estimate of drug-likeness (QED) is 0.471. The van der Waals surface area contributed by atoms with Crippen LogP contribution in [0, 0.1) is 23.2 Å². The van der Waals surface area contributed by atoms with Crippen LogP contribution in [0.15, 0.2) is 0 Å². The van der Waals surface area contributed by atoms with Gasteiger partial charge in [0.15, 0.2) is 0 Å². The van der Waals surface area contributed by atoms with Gasteiger partial charge in [0.25, 0.3) is 0 Å². The summed E-state index contributed by atoms with van der Waals surface area (Å²) in [4.78, 5) is 11.5. The van der Waals surface area contributed by atoms with Crippen molar-refractivity contribution >= 4 is 5.78 Å². The van der Waals surface area contributed by atoms with Gasteiger partial charge in [0, 0.05) is 12.3 Å². The molecule has 0 aliphatic heterocycles. The van der Waals surface area contributed by atoms with Gasteiger partial charge in [0.1, 0.15) is 0 Å². The molecule has 0 heterocycles. The minimum Gasteiger partial charge on any atom is -0.285 e. The van der Waals surface area contributed by atoms with Gasteiger partial charge in [-0.15, -0.1) is 0 Å². The number of rotatable bonds is 2. The smallest absolute Gasteiger partial charge is 0.208 e. The van der Waals surface area contributed by atoms with Crippen LogP contribution in [0.25, 0.3) is 0 Å². The van der Waals surface area contributed by atoms with E-state index in [2.05, 4.69) is 39.5 Å². The SMILES string of the molecule is CCCC#CC(=O)C(C)C(C)(C)C. The molecule has 0 aromatic carbocycles. The van der Waals surface area contributed by atoms with Gasteiger partial charge in [-0.3, -0.25) is 4.79 Å². The van der Waals surface area contributed by atoms with Gasteiger partial charge >= 0.3 is 0 Å². The maximum atomic E-state index is 11.5. The van der Waals surface area contributed by atoms with Crippen LogP contribution in [0.2, 0.25) is 0 Å². The van der Waals surface area contributed by atoms with E-state index in [0.717, 1.165) is 12.8 Å². The topological polar surface area (TPSA) is 17.1 Å². The van der Waals surface area contributed by atoms with E-state index in [1.54, 1.807) is 0 Å². The van der Waals surface area contributed by atoms with E-state index in [-0.39, 0.29) is 17.1 Å². The second kappa shape index (κ2) is 5.07. The van der Waals surface area contributed by atoms with Crippen LogP contribution in [-0.4, -0.2) is 5.78 Å². The second-order valence-electron chi connectivity index (χ2n) is 4.50. The number of hydrogen-bond acceptors (Lipinski definition) is 1. The van der Waals surface area contributed by atoms with E-state index >= 15 is 0 Å². The highest BCUT2D eigenvalue weighted by Gasteiger charge is 2.25. The maximum absolute atomic E-state index is 11.5. The molecule has 0 spiro atoms. The molecular weight excluding hydrogens is 160 g/mol. The fourth-order valence-electron chi connectivity index (χ4n) is 0.776. The van der Waals surface area contributed by atoms with Crippen LogP contribution in [-0.2, 0) is 4.79 Å². The average Bonchev–Trinajstić information content (AvgIpc) is 2.01. The van der Waals surface area contributed by atoms with Crippen molar-refractivity contribution in [1.29, 1.82) is 0 Å². The van der Waals surface area contributed by atoms with Crippen molar-refractivity contribution in [2.75, 3.05) is 0 Å². The summed E-state index contributed by atoms with van der Waals surface area (Å²) in [5, 5.41) is 0. The molecule has 74 valence electrons. The van der Waals surface area contributed by atoms with Crippen molar-refractivity contribution in [3.63, 3.8) is 0 Å². The average molecular weight is 180 g/mol. The van der Waals surface area contributed by atoms with E-state index < -0.39 is 0 Å². The minimum atomic E-state index is 0.0249. The molecule has 0 bridgehead atoms. The van der Waals surface area contributed by atoms with E-state index in [4.69, 9.17) is 0 Å². The summed E-state index contributed by atoms with van der Waals surface area (Å²) in [5.74, 6) is 5.68. The first-order chi connectivity index (χ1) is 5.89. The zero-order valence-corrected chi connectivity index (χ0v) is 9.40. The molecule has 1 atom stereocenters. The zero-order valence-electron chi connectivity index (χ0n) is 9.40. The van der Waals surface area contributed by atoms with Gasteiger partial charge in [-0.05, 0) is 17.8 Å². The minimum absolute atomic E-state index is 0.0249. The van der Waals surface area contributed by atoms with E-state index in [9.17, 15) is 4.79 Å². The van der Waals surface area contributed by atoms with Crippen molar-refractivity contribution in [3.8, 4) is 11.8 Å². The third-order valence-corrected chi connectivity index (χ3v) is 2.28. The fourth-order valence-corrected chi connectivity index (χ4v) is 0.776. The summed E-state index contributed by atoms with van der Waals surface area (Å²) in [7, 11) is 0. The predicted molar refractivity (Wildman–Crippen MR) is 56.3 cm³/mol. The van der Waals surface area contributed by atoms with Gasteiger partial charge in [-0.1, -0.05) is 40.5 Å². The highest BCUT2D eigenvalue weighted by atomic mass is 16.1. The Labute approximate surface area is 81.9 Å². The molecule has 0 amide bonds. The van der Waals surface area contributed by atoms with Crippen LogP contribution in [0.4, 0.5) is 0 Å². The first kappa shape index (κ1) is 12.2.